The highest BCUT2D eigenvalue weighted by Gasteiger charge is 2.32. The van der Waals surface area contributed by atoms with Crippen LogP contribution >= 0.6 is 0 Å². The Morgan fingerprint density at radius 2 is 1.83 bits per heavy atom. The van der Waals surface area contributed by atoms with E-state index in [1.54, 1.807) is 0 Å². The molecule has 0 radical (unpaired) electrons. The average Bonchev–Trinajstić information content (AvgIpc) is 2.67. The van der Waals surface area contributed by atoms with Crippen LogP contribution in [0.15, 0.2) is 0 Å². The second-order valence-electron chi connectivity index (χ2n) is 6.00. The Bertz CT molecular complexity index is 272. The van der Waals surface area contributed by atoms with Gasteiger partial charge < -0.3 is 10.0 Å². The van der Waals surface area contributed by atoms with E-state index in [0.717, 1.165) is 38.8 Å². The third-order valence-electron chi connectivity index (χ3n) is 4.73. The number of nitrogens with zero attached hydrogens (tertiary/aromatic N) is 1. The molecule has 2 unspecified atom stereocenters. The van der Waals surface area contributed by atoms with Crippen LogP contribution in [0.5, 0.6) is 0 Å². The molecule has 1 saturated heterocycles. The van der Waals surface area contributed by atoms with Crippen molar-refractivity contribution in [2.24, 2.45) is 11.8 Å². The van der Waals surface area contributed by atoms with Gasteiger partial charge in [-0.05, 0) is 25.7 Å². The molecule has 2 atom stereocenters. The lowest BCUT2D eigenvalue weighted by molar-refractivity contribution is -0.139. The summed E-state index contributed by atoms with van der Waals surface area (Å²) in [7, 11) is 0. The number of aliphatic hydroxyl groups excluding tert-OH is 1. The fourth-order valence-corrected chi connectivity index (χ4v) is 3.41. The molecule has 0 aromatic carbocycles. The Balaban J connectivity index is 1.91. The fraction of sp³-hybridized carbons (Fsp3) is 0.933. The van der Waals surface area contributed by atoms with Gasteiger partial charge in [0.2, 0.25) is 5.91 Å². The van der Waals surface area contributed by atoms with Crippen molar-refractivity contribution in [3.63, 3.8) is 0 Å². The van der Waals surface area contributed by atoms with Crippen LogP contribution in [0.1, 0.15) is 58.3 Å². The summed E-state index contributed by atoms with van der Waals surface area (Å²) in [4.78, 5) is 14.5. The summed E-state index contributed by atoms with van der Waals surface area (Å²) in [5, 5.41) is 9.89. The molecule has 2 fully saturated rings. The number of carbonyl (C=O) groups is 1. The maximum absolute atomic E-state index is 12.5. The fourth-order valence-electron chi connectivity index (χ4n) is 3.41. The molecule has 3 heteroatoms. The Morgan fingerprint density at radius 3 is 2.44 bits per heavy atom. The molecule has 1 N–H and O–H groups in total. The molecule has 0 bridgehead atoms. The van der Waals surface area contributed by atoms with Gasteiger partial charge in [-0.1, -0.05) is 32.6 Å². The van der Waals surface area contributed by atoms with Crippen LogP contribution in [0.4, 0.5) is 0 Å². The van der Waals surface area contributed by atoms with Crippen molar-refractivity contribution in [1.29, 1.82) is 0 Å². The molecule has 2 aliphatic rings. The predicted octanol–water partition coefficient (Wildman–Crippen LogP) is 2.58. The van der Waals surface area contributed by atoms with Gasteiger partial charge in [0.15, 0.2) is 0 Å². The molecule has 0 aromatic heterocycles. The number of rotatable bonds is 2. The van der Waals surface area contributed by atoms with Gasteiger partial charge in [0.25, 0.3) is 0 Å². The van der Waals surface area contributed by atoms with Gasteiger partial charge in [-0.25, -0.2) is 0 Å². The molecule has 1 aliphatic carbocycles. The van der Waals surface area contributed by atoms with Crippen molar-refractivity contribution < 1.29 is 9.90 Å². The second-order valence-corrected chi connectivity index (χ2v) is 6.00. The van der Waals surface area contributed by atoms with Gasteiger partial charge >= 0.3 is 0 Å². The predicted molar refractivity (Wildman–Crippen MR) is 72.2 cm³/mol. The minimum absolute atomic E-state index is 0.201. The quantitative estimate of drug-likeness (QED) is 0.768. The second kappa shape index (κ2) is 6.55. The SMILES string of the molecule is CCC1CN(C(=O)C2CCCCCC2)CCC1O. The van der Waals surface area contributed by atoms with E-state index in [2.05, 4.69) is 6.92 Å². The van der Waals surface area contributed by atoms with E-state index in [-0.39, 0.29) is 17.9 Å². The highest BCUT2D eigenvalue weighted by molar-refractivity contribution is 5.79. The molecule has 18 heavy (non-hydrogen) atoms. The first-order valence-electron chi connectivity index (χ1n) is 7.69. The van der Waals surface area contributed by atoms with E-state index in [1.165, 1.54) is 25.7 Å². The van der Waals surface area contributed by atoms with Gasteiger partial charge in [0.05, 0.1) is 6.10 Å². The van der Waals surface area contributed by atoms with E-state index in [9.17, 15) is 9.90 Å². The third kappa shape index (κ3) is 3.25. The number of carbonyl (C=O) groups excluding carboxylic acids is 1. The Morgan fingerprint density at radius 1 is 1.17 bits per heavy atom. The number of likely N-dealkylation sites (tertiary alicyclic amines) is 1. The maximum atomic E-state index is 12.5. The van der Waals surface area contributed by atoms with Gasteiger partial charge in [-0.2, -0.15) is 0 Å². The summed E-state index contributed by atoms with van der Waals surface area (Å²) in [5.41, 5.74) is 0. The minimum atomic E-state index is -0.201. The number of aliphatic hydroxyl groups is 1. The molecule has 0 aromatic rings. The monoisotopic (exact) mass is 253 g/mol. The maximum Gasteiger partial charge on any atom is 0.225 e. The number of piperidine rings is 1. The van der Waals surface area contributed by atoms with Gasteiger partial charge in [0.1, 0.15) is 0 Å². The number of hydrogen-bond acceptors (Lipinski definition) is 2. The van der Waals surface area contributed by atoms with E-state index in [4.69, 9.17) is 0 Å². The molecule has 104 valence electrons. The van der Waals surface area contributed by atoms with Crippen LogP contribution in [0, 0.1) is 11.8 Å². The molecule has 3 nitrogen and oxygen atoms in total. The lowest BCUT2D eigenvalue weighted by Gasteiger charge is -2.37. The van der Waals surface area contributed by atoms with Crippen molar-refractivity contribution >= 4 is 5.91 Å². The van der Waals surface area contributed by atoms with E-state index >= 15 is 0 Å². The van der Waals surface area contributed by atoms with Crippen LogP contribution < -0.4 is 0 Å². The summed E-state index contributed by atoms with van der Waals surface area (Å²) < 4.78 is 0. The molecule has 2 rings (SSSR count). The topological polar surface area (TPSA) is 40.5 Å². The van der Waals surface area contributed by atoms with E-state index in [0.29, 0.717) is 5.91 Å². The normalized spacial score (nSPS) is 31.1. The molecule has 1 saturated carbocycles. The summed E-state index contributed by atoms with van der Waals surface area (Å²) in [6.07, 6.45) is 8.69. The molecule has 1 amide bonds. The molecule has 1 heterocycles. The largest absolute Gasteiger partial charge is 0.393 e. The van der Waals surface area contributed by atoms with Crippen molar-refractivity contribution in [3.05, 3.63) is 0 Å². The van der Waals surface area contributed by atoms with Crippen LogP contribution in [0.2, 0.25) is 0 Å². The first-order valence-corrected chi connectivity index (χ1v) is 7.69. The van der Waals surface area contributed by atoms with Crippen LogP contribution in [-0.4, -0.2) is 35.1 Å². The van der Waals surface area contributed by atoms with Crippen molar-refractivity contribution in [2.75, 3.05) is 13.1 Å². The first-order chi connectivity index (χ1) is 8.72. The van der Waals surface area contributed by atoms with Gasteiger partial charge in [-0.15, -0.1) is 0 Å². The standard InChI is InChI=1S/C15H27NO2/c1-2-12-11-16(10-9-14(12)17)15(18)13-7-5-3-4-6-8-13/h12-14,17H,2-11H2,1H3. The molecule has 1 aliphatic heterocycles. The third-order valence-corrected chi connectivity index (χ3v) is 4.73. The van der Waals surface area contributed by atoms with Crippen LogP contribution in [0.25, 0.3) is 0 Å². The lowest BCUT2D eigenvalue weighted by Crippen LogP contribution is -2.47. The Labute approximate surface area is 111 Å². The zero-order valence-electron chi connectivity index (χ0n) is 11.6. The highest BCUT2D eigenvalue weighted by Crippen LogP contribution is 2.27. The van der Waals surface area contributed by atoms with E-state index < -0.39 is 0 Å². The molecule has 0 spiro atoms. The minimum Gasteiger partial charge on any atom is -0.393 e. The highest BCUT2D eigenvalue weighted by atomic mass is 16.3. The van der Waals surface area contributed by atoms with Crippen molar-refractivity contribution in [2.45, 2.75) is 64.4 Å². The smallest absolute Gasteiger partial charge is 0.225 e. The Kier molecular flexibility index (Phi) is 5.04. The number of amides is 1. The van der Waals surface area contributed by atoms with Crippen LogP contribution in [0.3, 0.4) is 0 Å². The van der Waals surface area contributed by atoms with Gasteiger partial charge in [-0.3, -0.25) is 4.79 Å². The zero-order chi connectivity index (χ0) is 13.0. The summed E-state index contributed by atoms with van der Waals surface area (Å²) in [6, 6.07) is 0. The molecular weight excluding hydrogens is 226 g/mol. The van der Waals surface area contributed by atoms with E-state index in [1.807, 2.05) is 4.90 Å². The average molecular weight is 253 g/mol. The lowest BCUT2D eigenvalue weighted by atomic mass is 9.90. The van der Waals surface area contributed by atoms with Crippen molar-refractivity contribution in [1.82, 2.24) is 4.90 Å². The Hall–Kier alpha value is -0.570. The summed E-state index contributed by atoms with van der Waals surface area (Å²) in [6.45, 7) is 3.63. The summed E-state index contributed by atoms with van der Waals surface area (Å²) in [5.74, 6) is 0.913. The first kappa shape index (κ1) is 13.9. The van der Waals surface area contributed by atoms with Gasteiger partial charge in [0, 0.05) is 24.9 Å². The zero-order valence-corrected chi connectivity index (χ0v) is 11.6. The number of hydrogen-bond donors (Lipinski definition) is 1. The molecular formula is C15H27NO2. The van der Waals surface area contributed by atoms with Crippen molar-refractivity contribution in [3.8, 4) is 0 Å². The van der Waals surface area contributed by atoms with Crippen LogP contribution in [-0.2, 0) is 4.79 Å². The summed E-state index contributed by atoms with van der Waals surface area (Å²) >= 11 is 0.